The van der Waals surface area contributed by atoms with Crippen LogP contribution in [0.25, 0.3) is 0 Å². The van der Waals surface area contributed by atoms with Gasteiger partial charge in [-0.1, -0.05) is 96.9 Å². The summed E-state index contributed by atoms with van der Waals surface area (Å²) in [5.74, 6) is 0.697. The molecule has 1 rings (SSSR count). The van der Waals surface area contributed by atoms with Crippen molar-refractivity contribution in [3.8, 4) is 0 Å². The first-order valence-corrected chi connectivity index (χ1v) is 13.6. The van der Waals surface area contributed by atoms with E-state index in [0.29, 0.717) is 12.5 Å². The second-order valence-corrected chi connectivity index (χ2v) is 10.8. The molecule has 1 aromatic carbocycles. The average molecular weight is 473 g/mol. The SMILES string of the molecule is C=C(C)CCCC(C)CCNCC(O)C(Cc1ccccc1)NC(=CCC)CC(C)(C)C.CC. The number of aliphatic hydroxyl groups excluding tert-OH is 1. The van der Waals surface area contributed by atoms with Gasteiger partial charge in [0.05, 0.1) is 12.1 Å². The molecule has 196 valence electrons. The van der Waals surface area contributed by atoms with Crippen molar-refractivity contribution < 1.29 is 5.11 Å². The van der Waals surface area contributed by atoms with E-state index in [0.717, 1.165) is 38.6 Å². The topological polar surface area (TPSA) is 44.3 Å². The molecule has 0 saturated carbocycles. The van der Waals surface area contributed by atoms with E-state index in [2.05, 4.69) is 89.1 Å². The Hall–Kier alpha value is -1.58. The lowest BCUT2D eigenvalue weighted by molar-refractivity contribution is 0.127. The molecule has 0 aliphatic carbocycles. The fourth-order valence-corrected chi connectivity index (χ4v) is 4.03. The standard InChI is InChI=1S/C29H50N2O.C2H6/c1-8-13-26(21-29(5,6)7)31-27(20-25-16-10-9-11-17-25)28(32)22-30-19-18-24(4)15-12-14-23(2)3;1-2/h9-11,13,16-17,24,27-28,30-32H,2,8,12,14-15,18-22H2,1,3-7H3;1-2H3. The second kappa shape index (κ2) is 18.7. The fourth-order valence-electron chi connectivity index (χ4n) is 4.03. The van der Waals surface area contributed by atoms with Gasteiger partial charge in [0.1, 0.15) is 0 Å². The summed E-state index contributed by atoms with van der Waals surface area (Å²) in [6.07, 6.45) is 9.35. The fraction of sp³-hybridized carbons (Fsp3) is 0.677. The third kappa shape index (κ3) is 16.9. The monoisotopic (exact) mass is 472 g/mol. The number of allylic oxidation sites excluding steroid dienone is 3. The Morgan fingerprint density at radius 1 is 1.12 bits per heavy atom. The first-order valence-electron chi connectivity index (χ1n) is 13.6. The number of rotatable bonds is 16. The van der Waals surface area contributed by atoms with Crippen LogP contribution in [0.1, 0.15) is 99.5 Å². The van der Waals surface area contributed by atoms with Gasteiger partial charge in [-0.25, -0.2) is 0 Å². The van der Waals surface area contributed by atoms with Gasteiger partial charge in [0, 0.05) is 12.2 Å². The maximum absolute atomic E-state index is 11.1. The highest BCUT2D eigenvalue weighted by Gasteiger charge is 2.22. The van der Waals surface area contributed by atoms with Crippen molar-refractivity contribution in [2.45, 2.75) is 112 Å². The van der Waals surface area contributed by atoms with E-state index in [1.165, 1.54) is 29.7 Å². The molecule has 3 N–H and O–H groups in total. The van der Waals surface area contributed by atoms with Gasteiger partial charge in [0.25, 0.3) is 0 Å². The highest BCUT2D eigenvalue weighted by Crippen LogP contribution is 2.24. The van der Waals surface area contributed by atoms with Crippen molar-refractivity contribution in [1.29, 1.82) is 0 Å². The van der Waals surface area contributed by atoms with Crippen LogP contribution in [0.5, 0.6) is 0 Å². The summed E-state index contributed by atoms with van der Waals surface area (Å²) in [4.78, 5) is 0. The molecule has 0 saturated heterocycles. The van der Waals surface area contributed by atoms with Crippen molar-refractivity contribution >= 4 is 0 Å². The van der Waals surface area contributed by atoms with Gasteiger partial charge in [-0.2, -0.15) is 0 Å². The second-order valence-electron chi connectivity index (χ2n) is 10.8. The molecule has 0 aromatic heterocycles. The number of nitrogens with one attached hydrogen (secondary N) is 2. The van der Waals surface area contributed by atoms with Gasteiger partial charge in [0.2, 0.25) is 0 Å². The van der Waals surface area contributed by atoms with E-state index in [1.54, 1.807) is 0 Å². The third-order valence-corrected chi connectivity index (χ3v) is 5.77. The van der Waals surface area contributed by atoms with E-state index in [-0.39, 0.29) is 11.5 Å². The van der Waals surface area contributed by atoms with Crippen molar-refractivity contribution in [3.05, 3.63) is 59.8 Å². The lowest BCUT2D eigenvalue weighted by Gasteiger charge is -2.30. The van der Waals surface area contributed by atoms with E-state index < -0.39 is 6.10 Å². The molecule has 3 nitrogen and oxygen atoms in total. The summed E-state index contributed by atoms with van der Waals surface area (Å²) in [6.45, 7) is 22.9. The van der Waals surface area contributed by atoms with Gasteiger partial charge >= 0.3 is 0 Å². The Bertz CT molecular complexity index is 660. The highest BCUT2D eigenvalue weighted by molar-refractivity contribution is 5.17. The quantitative estimate of drug-likeness (QED) is 0.171. The van der Waals surface area contributed by atoms with Crippen molar-refractivity contribution in [3.63, 3.8) is 0 Å². The predicted molar refractivity (Wildman–Crippen MR) is 152 cm³/mol. The number of aliphatic hydroxyl groups is 1. The predicted octanol–water partition coefficient (Wildman–Crippen LogP) is 7.67. The summed E-state index contributed by atoms with van der Waals surface area (Å²) in [5.41, 5.74) is 3.97. The van der Waals surface area contributed by atoms with E-state index in [4.69, 9.17) is 0 Å². The van der Waals surface area contributed by atoms with E-state index in [9.17, 15) is 5.11 Å². The summed E-state index contributed by atoms with van der Waals surface area (Å²) in [6, 6.07) is 10.5. The number of hydrogen-bond acceptors (Lipinski definition) is 3. The first-order chi connectivity index (χ1) is 16.1. The Kier molecular flexibility index (Phi) is 17.8. The average Bonchev–Trinajstić information content (AvgIpc) is 2.77. The molecule has 3 heteroatoms. The molecule has 0 fully saturated rings. The van der Waals surface area contributed by atoms with Crippen LogP contribution in [0.15, 0.2) is 54.3 Å². The van der Waals surface area contributed by atoms with Crippen LogP contribution in [0.4, 0.5) is 0 Å². The molecular weight excluding hydrogens is 416 g/mol. The summed E-state index contributed by atoms with van der Waals surface area (Å²) >= 11 is 0. The van der Waals surface area contributed by atoms with Crippen molar-refractivity contribution in [2.24, 2.45) is 11.3 Å². The van der Waals surface area contributed by atoms with Crippen LogP contribution in [-0.2, 0) is 6.42 Å². The van der Waals surface area contributed by atoms with E-state index >= 15 is 0 Å². The minimum atomic E-state index is -0.450. The van der Waals surface area contributed by atoms with Crippen LogP contribution >= 0.6 is 0 Å². The summed E-state index contributed by atoms with van der Waals surface area (Å²) < 4.78 is 0. The molecule has 0 aliphatic rings. The smallest absolute Gasteiger partial charge is 0.0868 e. The molecule has 1 aromatic rings. The zero-order valence-electron chi connectivity index (χ0n) is 23.7. The van der Waals surface area contributed by atoms with Gasteiger partial charge in [-0.05, 0) is 68.9 Å². The molecule has 0 heterocycles. The highest BCUT2D eigenvalue weighted by atomic mass is 16.3. The van der Waals surface area contributed by atoms with Crippen LogP contribution < -0.4 is 10.6 Å². The van der Waals surface area contributed by atoms with Crippen LogP contribution in [0.2, 0.25) is 0 Å². The van der Waals surface area contributed by atoms with Crippen LogP contribution in [0, 0.1) is 11.3 Å². The molecule has 0 spiro atoms. The molecule has 3 unspecified atom stereocenters. The van der Waals surface area contributed by atoms with E-state index in [1.807, 2.05) is 19.9 Å². The Labute approximate surface area is 212 Å². The number of hydrogen-bond donors (Lipinski definition) is 3. The van der Waals surface area contributed by atoms with Gasteiger partial charge < -0.3 is 15.7 Å². The lowest BCUT2D eigenvalue weighted by atomic mass is 9.89. The lowest BCUT2D eigenvalue weighted by Crippen LogP contribution is -2.46. The van der Waals surface area contributed by atoms with Crippen LogP contribution in [-0.4, -0.2) is 30.3 Å². The zero-order chi connectivity index (χ0) is 26.0. The molecular formula is C31H56N2O. The van der Waals surface area contributed by atoms with Gasteiger partial charge in [-0.15, -0.1) is 6.58 Å². The van der Waals surface area contributed by atoms with Crippen molar-refractivity contribution in [1.82, 2.24) is 10.6 Å². The molecule has 3 atom stereocenters. The maximum atomic E-state index is 11.1. The van der Waals surface area contributed by atoms with Gasteiger partial charge in [-0.3, -0.25) is 0 Å². The summed E-state index contributed by atoms with van der Waals surface area (Å²) in [7, 11) is 0. The normalized spacial score (nSPS) is 14.6. The van der Waals surface area contributed by atoms with Crippen LogP contribution in [0.3, 0.4) is 0 Å². The third-order valence-electron chi connectivity index (χ3n) is 5.77. The van der Waals surface area contributed by atoms with Crippen molar-refractivity contribution in [2.75, 3.05) is 13.1 Å². The summed E-state index contributed by atoms with van der Waals surface area (Å²) in [5, 5.41) is 18.3. The minimum absolute atomic E-state index is 0.0157. The first kappa shape index (κ1) is 32.4. The maximum Gasteiger partial charge on any atom is 0.0868 e. The minimum Gasteiger partial charge on any atom is -0.390 e. The molecule has 0 bridgehead atoms. The number of benzene rings is 1. The largest absolute Gasteiger partial charge is 0.390 e. The van der Waals surface area contributed by atoms with Gasteiger partial charge in [0.15, 0.2) is 0 Å². The zero-order valence-corrected chi connectivity index (χ0v) is 23.7. The Balaban J connectivity index is 0.00000529. The Morgan fingerprint density at radius 3 is 2.32 bits per heavy atom. The molecule has 0 aliphatic heterocycles. The molecule has 0 radical (unpaired) electrons. The molecule has 0 amide bonds. The molecule has 34 heavy (non-hydrogen) atoms. The Morgan fingerprint density at radius 2 is 1.76 bits per heavy atom.